The van der Waals surface area contributed by atoms with Gasteiger partial charge in [0.25, 0.3) is 0 Å². The minimum absolute atomic E-state index is 0.539. The molecule has 0 bridgehead atoms. The van der Waals surface area contributed by atoms with Gasteiger partial charge in [0.15, 0.2) is 11.6 Å². The van der Waals surface area contributed by atoms with Gasteiger partial charge in [-0.2, -0.15) is 9.97 Å². The second-order valence-electron chi connectivity index (χ2n) is 15.1. The van der Waals surface area contributed by atoms with E-state index in [9.17, 15) is 0 Å². The predicted octanol–water partition coefficient (Wildman–Crippen LogP) is 14.1. The summed E-state index contributed by atoms with van der Waals surface area (Å²) in [6.07, 6.45) is 0. The summed E-state index contributed by atoms with van der Waals surface area (Å²) in [7, 11) is 0. The molecule has 0 unspecified atom stereocenters. The number of fused-ring (bicyclic) bond motifs is 12. The van der Waals surface area contributed by atoms with Gasteiger partial charge >= 0.3 is 0 Å². The Morgan fingerprint density at radius 2 is 0.898 bits per heavy atom. The van der Waals surface area contributed by atoms with Gasteiger partial charge in [0.05, 0.1) is 11.0 Å². The van der Waals surface area contributed by atoms with Crippen LogP contribution in [0.2, 0.25) is 0 Å². The summed E-state index contributed by atoms with van der Waals surface area (Å²) in [6, 6.07) is 63.4. The fourth-order valence-corrected chi connectivity index (χ4v) is 9.19. The Kier molecular flexibility index (Phi) is 6.63. The maximum atomic E-state index is 6.36. The molecule has 6 nitrogen and oxygen atoms in total. The van der Waals surface area contributed by atoms with Crippen molar-refractivity contribution in [3.63, 3.8) is 0 Å². The van der Waals surface area contributed by atoms with Gasteiger partial charge in [-0.3, -0.25) is 4.57 Å². The van der Waals surface area contributed by atoms with Crippen LogP contribution >= 0.6 is 0 Å². The Morgan fingerprint density at radius 3 is 1.75 bits per heavy atom. The van der Waals surface area contributed by atoms with Crippen molar-refractivity contribution in [3.8, 4) is 39.9 Å². The zero-order valence-corrected chi connectivity index (χ0v) is 31.4. The fourth-order valence-electron chi connectivity index (χ4n) is 9.19. The standard InChI is InChI=1S/C53H30N4O2/c1-2-13-35-31(11-1)23-24-32-12-9-17-39(49(32)35)51-54-52(40-18-10-22-48-50(40)38-16-5-8-21-46(38)59-48)56-53(55-51)57-43-19-6-3-14-36(43)41-29-33(25-27-44(41)57)34-26-28-47-42(30-34)37-15-4-7-20-45(37)58-47/h1-30H. The molecule has 0 radical (unpaired) electrons. The van der Waals surface area contributed by atoms with Crippen LogP contribution in [0.1, 0.15) is 0 Å². The first kappa shape index (κ1) is 32.0. The Morgan fingerprint density at radius 1 is 0.339 bits per heavy atom. The van der Waals surface area contributed by atoms with Crippen LogP contribution in [0.25, 0.3) is 127 Å². The zero-order chi connectivity index (χ0) is 38.6. The molecule has 6 heteroatoms. The van der Waals surface area contributed by atoms with E-state index < -0.39 is 0 Å². The Hall–Kier alpha value is -8.09. The molecule has 0 saturated carbocycles. The molecule has 0 atom stereocenters. The molecule has 0 aliphatic heterocycles. The predicted molar refractivity (Wildman–Crippen MR) is 240 cm³/mol. The third-order valence-corrected chi connectivity index (χ3v) is 11.9. The van der Waals surface area contributed by atoms with Crippen molar-refractivity contribution in [2.24, 2.45) is 0 Å². The van der Waals surface area contributed by atoms with Crippen molar-refractivity contribution in [3.05, 3.63) is 182 Å². The lowest BCUT2D eigenvalue weighted by Gasteiger charge is -2.13. The highest BCUT2D eigenvalue weighted by Crippen LogP contribution is 2.40. The van der Waals surface area contributed by atoms with Crippen LogP contribution in [-0.2, 0) is 0 Å². The first-order valence-corrected chi connectivity index (χ1v) is 19.8. The quantitative estimate of drug-likeness (QED) is 0.167. The summed E-state index contributed by atoms with van der Waals surface area (Å²) in [5.74, 6) is 1.71. The normalized spacial score (nSPS) is 12.1. The van der Waals surface area contributed by atoms with Crippen LogP contribution < -0.4 is 0 Å². The van der Waals surface area contributed by atoms with E-state index in [1.54, 1.807) is 0 Å². The highest BCUT2D eigenvalue weighted by atomic mass is 16.3. The van der Waals surface area contributed by atoms with E-state index in [-0.39, 0.29) is 0 Å². The van der Waals surface area contributed by atoms with E-state index in [0.29, 0.717) is 17.6 Å². The summed E-state index contributed by atoms with van der Waals surface area (Å²) in [6.45, 7) is 0. The van der Waals surface area contributed by atoms with Crippen molar-refractivity contribution < 1.29 is 8.83 Å². The van der Waals surface area contributed by atoms with E-state index in [4.69, 9.17) is 23.8 Å². The Balaban J connectivity index is 1.09. The van der Waals surface area contributed by atoms with Crippen molar-refractivity contribution >= 4 is 87.2 Å². The van der Waals surface area contributed by atoms with E-state index in [2.05, 4.69) is 144 Å². The van der Waals surface area contributed by atoms with Gasteiger partial charge in [0.2, 0.25) is 5.95 Å². The zero-order valence-electron chi connectivity index (χ0n) is 31.4. The molecule has 0 aliphatic carbocycles. The lowest BCUT2D eigenvalue weighted by Crippen LogP contribution is -2.06. The van der Waals surface area contributed by atoms with Crippen LogP contribution in [0.3, 0.4) is 0 Å². The molecule has 0 spiro atoms. The Bertz CT molecular complexity index is 3870. The van der Waals surface area contributed by atoms with E-state index in [0.717, 1.165) is 109 Å². The summed E-state index contributed by atoms with van der Waals surface area (Å²) >= 11 is 0. The van der Waals surface area contributed by atoms with Crippen molar-refractivity contribution in [1.82, 2.24) is 19.5 Å². The van der Waals surface area contributed by atoms with Crippen LogP contribution in [0.15, 0.2) is 191 Å². The monoisotopic (exact) mass is 754 g/mol. The summed E-state index contributed by atoms with van der Waals surface area (Å²) in [4.78, 5) is 16.1. The average Bonchev–Trinajstić information content (AvgIpc) is 3.98. The van der Waals surface area contributed by atoms with Gasteiger partial charge in [-0.1, -0.05) is 133 Å². The molecular weight excluding hydrogens is 725 g/mol. The van der Waals surface area contributed by atoms with Gasteiger partial charge in [0.1, 0.15) is 22.3 Å². The minimum Gasteiger partial charge on any atom is -0.456 e. The molecule has 59 heavy (non-hydrogen) atoms. The first-order chi connectivity index (χ1) is 29.2. The van der Waals surface area contributed by atoms with Gasteiger partial charge in [0, 0.05) is 48.8 Å². The molecule has 0 aliphatic rings. The van der Waals surface area contributed by atoms with Gasteiger partial charge in [-0.15, -0.1) is 0 Å². The molecule has 13 aromatic rings. The van der Waals surface area contributed by atoms with Gasteiger partial charge in [-0.05, 0) is 75.8 Å². The van der Waals surface area contributed by atoms with Crippen LogP contribution in [0, 0.1) is 0 Å². The molecule has 0 amide bonds. The Labute approximate surface area is 336 Å². The molecule has 13 rings (SSSR count). The summed E-state index contributed by atoms with van der Waals surface area (Å²) in [5.41, 5.74) is 9.46. The molecule has 274 valence electrons. The smallest absolute Gasteiger partial charge is 0.238 e. The molecule has 9 aromatic carbocycles. The maximum absolute atomic E-state index is 6.36. The number of benzene rings is 9. The van der Waals surface area contributed by atoms with Gasteiger partial charge < -0.3 is 8.83 Å². The number of rotatable bonds is 4. The van der Waals surface area contributed by atoms with Crippen molar-refractivity contribution in [2.45, 2.75) is 0 Å². The summed E-state index contributed by atoms with van der Waals surface area (Å²) in [5, 5.41) is 11.0. The molecule has 0 N–H and O–H groups in total. The SMILES string of the molecule is c1ccc2c(c1)ccc1cccc(-c3nc(-c4cccc5oc6ccccc6c45)nc(-n4c5ccccc5c5cc(-c6ccc7oc8ccccc8c7c6)ccc54)n3)c12. The number of nitrogens with zero attached hydrogens (tertiary/aromatic N) is 4. The van der Waals surface area contributed by atoms with Crippen LogP contribution in [-0.4, -0.2) is 19.5 Å². The summed E-state index contributed by atoms with van der Waals surface area (Å²) < 4.78 is 14.7. The highest BCUT2D eigenvalue weighted by molar-refractivity contribution is 6.15. The molecule has 4 heterocycles. The molecule has 0 fully saturated rings. The fraction of sp³-hybridized carbons (Fsp3) is 0. The van der Waals surface area contributed by atoms with Crippen LogP contribution in [0.4, 0.5) is 0 Å². The number of furan rings is 2. The van der Waals surface area contributed by atoms with Crippen molar-refractivity contribution in [1.29, 1.82) is 0 Å². The third-order valence-electron chi connectivity index (χ3n) is 11.9. The van der Waals surface area contributed by atoms with Gasteiger partial charge in [-0.25, -0.2) is 4.98 Å². The van der Waals surface area contributed by atoms with E-state index in [1.807, 2.05) is 42.5 Å². The number of para-hydroxylation sites is 3. The topological polar surface area (TPSA) is 69.9 Å². The molecule has 0 saturated heterocycles. The average molecular weight is 755 g/mol. The largest absolute Gasteiger partial charge is 0.456 e. The van der Waals surface area contributed by atoms with E-state index >= 15 is 0 Å². The third kappa shape index (κ3) is 4.77. The number of hydrogen-bond acceptors (Lipinski definition) is 5. The highest BCUT2D eigenvalue weighted by Gasteiger charge is 2.22. The second-order valence-corrected chi connectivity index (χ2v) is 15.1. The lowest BCUT2D eigenvalue weighted by atomic mass is 9.97. The molecular formula is C53H30N4O2. The van der Waals surface area contributed by atoms with Crippen LogP contribution in [0.5, 0.6) is 0 Å². The number of hydrogen-bond donors (Lipinski definition) is 0. The van der Waals surface area contributed by atoms with Crippen molar-refractivity contribution in [2.75, 3.05) is 0 Å². The molecule has 4 aromatic heterocycles. The number of aromatic nitrogens is 4. The second kappa shape index (κ2) is 12.2. The minimum atomic E-state index is 0.539. The lowest BCUT2D eigenvalue weighted by molar-refractivity contribution is 0.668. The first-order valence-electron chi connectivity index (χ1n) is 19.8. The maximum Gasteiger partial charge on any atom is 0.238 e. The van der Waals surface area contributed by atoms with E-state index in [1.165, 1.54) is 0 Å².